The van der Waals surface area contributed by atoms with Gasteiger partial charge in [-0.05, 0) is 61.2 Å². The number of halogens is 1. The SMILES string of the molecule is O=C(CCc1cccc(F)c1)NCc1ccccc1CN1CCCCC1. The van der Waals surface area contributed by atoms with E-state index in [4.69, 9.17) is 0 Å². The number of nitrogens with one attached hydrogen (secondary N) is 1. The van der Waals surface area contributed by atoms with Crippen LogP contribution in [0.3, 0.4) is 0 Å². The Morgan fingerprint density at radius 3 is 2.54 bits per heavy atom. The molecule has 1 aliphatic heterocycles. The Bertz CT molecular complexity index is 726. The number of hydrogen-bond donors (Lipinski definition) is 1. The first-order chi connectivity index (χ1) is 12.7. The molecule has 0 aromatic heterocycles. The number of amides is 1. The van der Waals surface area contributed by atoms with Crippen LogP contribution in [0.4, 0.5) is 4.39 Å². The molecule has 4 heteroatoms. The average Bonchev–Trinajstić information content (AvgIpc) is 2.66. The number of carbonyl (C=O) groups excluding carboxylic acids is 1. The van der Waals surface area contributed by atoms with Gasteiger partial charge in [-0.25, -0.2) is 4.39 Å². The topological polar surface area (TPSA) is 32.3 Å². The van der Waals surface area contributed by atoms with Crippen LogP contribution in [0.2, 0.25) is 0 Å². The summed E-state index contributed by atoms with van der Waals surface area (Å²) in [6.45, 7) is 3.82. The zero-order valence-corrected chi connectivity index (χ0v) is 15.2. The summed E-state index contributed by atoms with van der Waals surface area (Å²) in [6, 6.07) is 14.8. The molecule has 0 radical (unpaired) electrons. The Morgan fingerprint density at radius 2 is 1.77 bits per heavy atom. The van der Waals surface area contributed by atoms with Crippen molar-refractivity contribution in [3.63, 3.8) is 0 Å². The highest BCUT2D eigenvalue weighted by atomic mass is 19.1. The minimum atomic E-state index is -0.255. The lowest BCUT2D eigenvalue weighted by Gasteiger charge is -2.27. The van der Waals surface area contributed by atoms with Gasteiger partial charge in [-0.3, -0.25) is 9.69 Å². The zero-order chi connectivity index (χ0) is 18.2. The van der Waals surface area contributed by atoms with Gasteiger partial charge in [0, 0.05) is 19.5 Å². The van der Waals surface area contributed by atoms with Gasteiger partial charge < -0.3 is 5.32 Å². The van der Waals surface area contributed by atoms with E-state index >= 15 is 0 Å². The normalized spacial score (nSPS) is 15.0. The van der Waals surface area contributed by atoms with Crippen molar-refractivity contribution < 1.29 is 9.18 Å². The Morgan fingerprint density at radius 1 is 1.00 bits per heavy atom. The first-order valence-corrected chi connectivity index (χ1v) is 9.51. The minimum absolute atomic E-state index is 0.00189. The summed E-state index contributed by atoms with van der Waals surface area (Å²) in [7, 11) is 0. The number of rotatable bonds is 7. The Labute approximate surface area is 155 Å². The van der Waals surface area contributed by atoms with Gasteiger partial charge in [0.05, 0.1) is 0 Å². The van der Waals surface area contributed by atoms with Crippen LogP contribution in [0.15, 0.2) is 48.5 Å². The van der Waals surface area contributed by atoms with Crippen molar-refractivity contribution in [2.24, 2.45) is 0 Å². The molecule has 0 atom stereocenters. The molecule has 3 rings (SSSR count). The van der Waals surface area contributed by atoms with Crippen molar-refractivity contribution in [2.75, 3.05) is 13.1 Å². The summed E-state index contributed by atoms with van der Waals surface area (Å²) >= 11 is 0. The number of carbonyl (C=O) groups is 1. The van der Waals surface area contributed by atoms with E-state index in [1.54, 1.807) is 6.07 Å². The molecule has 0 saturated carbocycles. The highest BCUT2D eigenvalue weighted by Gasteiger charge is 2.12. The van der Waals surface area contributed by atoms with Gasteiger partial charge in [-0.1, -0.05) is 42.8 Å². The Hall–Kier alpha value is -2.20. The van der Waals surface area contributed by atoms with Crippen LogP contribution in [0.5, 0.6) is 0 Å². The Balaban J connectivity index is 1.50. The minimum Gasteiger partial charge on any atom is -0.352 e. The molecule has 0 spiro atoms. The Kier molecular flexibility index (Phi) is 6.78. The fourth-order valence-electron chi connectivity index (χ4n) is 3.48. The summed E-state index contributed by atoms with van der Waals surface area (Å²) in [5, 5.41) is 3.01. The quantitative estimate of drug-likeness (QED) is 0.813. The van der Waals surface area contributed by atoms with Crippen molar-refractivity contribution in [2.45, 2.75) is 45.2 Å². The van der Waals surface area contributed by atoms with Crippen molar-refractivity contribution in [3.8, 4) is 0 Å². The first-order valence-electron chi connectivity index (χ1n) is 9.51. The number of aryl methyl sites for hydroxylation is 1. The van der Waals surface area contributed by atoms with E-state index < -0.39 is 0 Å². The van der Waals surface area contributed by atoms with Crippen molar-refractivity contribution in [3.05, 3.63) is 71.0 Å². The van der Waals surface area contributed by atoms with E-state index in [0.29, 0.717) is 19.4 Å². The van der Waals surface area contributed by atoms with Gasteiger partial charge in [0.2, 0.25) is 5.91 Å². The maximum Gasteiger partial charge on any atom is 0.220 e. The first kappa shape index (κ1) is 18.6. The van der Waals surface area contributed by atoms with Crippen LogP contribution in [0.1, 0.15) is 42.4 Å². The van der Waals surface area contributed by atoms with Gasteiger partial charge in [-0.2, -0.15) is 0 Å². The lowest BCUT2D eigenvalue weighted by Crippen LogP contribution is -2.30. The molecule has 1 fully saturated rings. The molecule has 1 heterocycles. The second kappa shape index (κ2) is 9.48. The third-order valence-corrected chi connectivity index (χ3v) is 4.97. The average molecular weight is 354 g/mol. The van der Waals surface area contributed by atoms with E-state index in [0.717, 1.165) is 25.2 Å². The molecule has 26 heavy (non-hydrogen) atoms. The van der Waals surface area contributed by atoms with E-state index in [1.807, 2.05) is 12.1 Å². The summed E-state index contributed by atoms with van der Waals surface area (Å²) in [5.74, 6) is -0.253. The number of likely N-dealkylation sites (tertiary alicyclic amines) is 1. The molecule has 0 bridgehead atoms. The molecule has 1 saturated heterocycles. The van der Waals surface area contributed by atoms with E-state index in [9.17, 15) is 9.18 Å². The summed E-state index contributed by atoms with van der Waals surface area (Å²) in [4.78, 5) is 14.7. The van der Waals surface area contributed by atoms with Gasteiger partial charge in [0.25, 0.3) is 0 Å². The number of benzene rings is 2. The van der Waals surface area contributed by atoms with Crippen molar-refractivity contribution in [1.82, 2.24) is 10.2 Å². The summed E-state index contributed by atoms with van der Waals surface area (Å²) in [6.07, 6.45) is 4.81. The largest absolute Gasteiger partial charge is 0.352 e. The lowest BCUT2D eigenvalue weighted by molar-refractivity contribution is -0.121. The van der Waals surface area contributed by atoms with Crippen molar-refractivity contribution in [1.29, 1.82) is 0 Å². The molecule has 3 nitrogen and oxygen atoms in total. The summed E-state index contributed by atoms with van der Waals surface area (Å²) in [5.41, 5.74) is 3.32. The predicted octanol–water partition coefficient (Wildman–Crippen LogP) is 4.06. The fraction of sp³-hybridized carbons (Fsp3) is 0.409. The second-order valence-corrected chi connectivity index (χ2v) is 7.01. The predicted molar refractivity (Wildman–Crippen MR) is 102 cm³/mol. The van der Waals surface area contributed by atoms with E-state index in [2.05, 4.69) is 28.4 Å². The molecule has 0 unspecified atom stereocenters. The summed E-state index contributed by atoms with van der Waals surface area (Å²) < 4.78 is 13.2. The number of hydrogen-bond acceptors (Lipinski definition) is 2. The zero-order valence-electron chi connectivity index (χ0n) is 15.2. The number of nitrogens with zero attached hydrogens (tertiary/aromatic N) is 1. The third-order valence-electron chi connectivity index (χ3n) is 4.97. The molecule has 2 aromatic rings. The fourth-order valence-corrected chi connectivity index (χ4v) is 3.48. The van der Waals surface area contributed by atoms with Crippen LogP contribution >= 0.6 is 0 Å². The van der Waals surface area contributed by atoms with Crippen molar-refractivity contribution >= 4 is 5.91 Å². The monoisotopic (exact) mass is 354 g/mol. The molecule has 1 aliphatic rings. The van der Waals surface area contributed by atoms with Gasteiger partial charge in [-0.15, -0.1) is 0 Å². The van der Waals surface area contributed by atoms with Gasteiger partial charge in [0.1, 0.15) is 5.82 Å². The van der Waals surface area contributed by atoms with E-state index in [1.165, 1.54) is 42.5 Å². The molecule has 1 N–H and O–H groups in total. The second-order valence-electron chi connectivity index (χ2n) is 7.01. The molecule has 138 valence electrons. The van der Waals surface area contributed by atoms with Crippen LogP contribution < -0.4 is 5.32 Å². The molecular weight excluding hydrogens is 327 g/mol. The lowest BCUT2D eigenvalue weighted by atomic mass is 10.0. The standard InChI is InChI=1S/C22H27FN2O/c23-21-10-6-7-18(15-21)11-12-22(26)24-16-19-8-2-3-9-20(19)17-25-13-4-1-5-14-25/h2-3,6-10,15H,1,4-5,11-14,16-17H2,(H,24,26). The molecule has 2 aromatic carbocycles. The van der Waals surface area contributed by atoms with Gasteiger partial charge >= 0.3 is 0 Å². The van der Waals surface area contributed by atoms with E-state index in [-0.39, 0.29) is 11.7 Å². The highest BCUT2D eigenvalue weighted by molar-refractivity contribution is 5.76. The molecular formula is C22H27FN2O. The van der Waals surface area contributed by atoms with Crippen LogP contribution in [0, 0.1) is 5.82 Å². The van der Waals surface area contributed by atoms with Crippen LogP contribution in [-0.2, 0) is 24.3 Å². The number of piperidine rings is 1. The molecule has 0 aliphatic carbocycles. The van der Waals surface area contributed by atoms with Gasteiger partial charge in [0.15, 0.2) is 0 Å². The maximum atomic E-state index is 13.2. The highest BCUT2D eigenvalue weighted by Crippen LogP contribution is 2.16. The molecule has 1 amide bonds. The maximum absolute atomic E-state index is 13.2. The van der Waals surface area contributed by atoms with Crippen LogP contribution in [-0.4, -0.2) is 23.9 Å². The smallest absolute Gasteiger partial charge is 0.220 e. The van der Waals surface area contributed by atoms with Crippen LogP contribution in [0.25, 0.3) is 0 Å². The third kappa shape index (κ3) is 5.67.